The SMILES string of the molecule is CCOc1ccccc1NC(=O)CSc1nc2ncc(Br)cc2[nH]1. The van der Waals surface area contributed by atoms with Crippen molar-refractivity contribution in [1.82, 2.24) is 15.0 Å². The molecule has 0 unspecified atom stereocenters. The summed E-state index contributed by atoms with van der Waals surface area (Å²) in [5.41, 5.74) is 2.12. The van der Waals surface area contributed by atoms with E-state index in [9.17, 15) is 4.79 Å². The van der Waals surface area contributed by atoms with Gasteiger partial charge in [-0.15, -0.1) is 0 Å². The van der Waals surface area contributed by atoms with Gasteiger partial charge in [-0.2, -0.15) is 0 Å². The Morgan fingerprint density at radius 3 is 3.08 bits per heavy atom. The first kappa shape index (κ1) is 16.8. The van der Waals surface area contributed by atoms with Gasteiger partial charge in [-0.05, 0) is 41.1 Å². The van der Waals surface area contributed by atoms with Crippen molar-refractivity contribution in [3.05, 3.63) is 41.0 Å². The maximum atomic E-state index is 12.2. The molecule has 24 heavy (non-hydrogen) atoms. The third-order valence-electron chi connectivity index (χ3n) is 3.08. The smallest absolute Gasteiger partial charge is 0.234 e. The number of thioether (sulfide) groups is 1. The fourth-order valence-corrected chi connectivity index (χ4v) is 3.10. The number of pyridine rings is 1. The van der Waals surface area contributed by atoms with E-state index in [0.29, 0.717) is 28.8 Å². The monoisotopic (exact) mass is 406 g/mol. The standard InChI is InChI=1S/C16H15BrN4O2S/c1-2-23-13-6-4-3-5-11(13)19-14(22)9-24-16-20-12-7-10(17)8-18-15(12)21-16/h3-8H,2,9H2,1H3,(H,19,22)(H,18,20,21). The lowest BCUT2D eigenvalue weighted by molar-refractivity contribution is -0.113. The summed E-state index contributed by atoms with van der Waals surface area (Å²) in [4.78, 5) is 23.9. The number of carbonyl (C=O) groups is 1. The van der Waals surface area contributed by atoms with Gasteiger partial charge in [-0.1, -0.05) is 23.9 Å². The van der Waals surface area contributed by atoms with E-state index in [1.165, 1.54) is 11.8 Å². The fourth-order valence-electron chi connectivity index (χ4n) is 2.09. The number of hydrogen-bond donors (Lipinski definition) is 2. The van der Waals surface area contributed by atoms with Gasteiger partial charge in [0.15, 0.2) is 10.8 Å². The Balaban J connectivity index is 1.62. The van der Waals surface area contributed by atoms with Crippen LogP contribution in [-0.4, -0.2) is 33.2 Å². The van der Waals surface area contributed by atoms with Gasteiger partial charge in [-0.3, -0.25) is 4.79 Å². The summed E-state index contributed by atoms with van der Waals surface area (Å²) < 4.78 is 6.37. The summed E-state index contributed by atoms with van der Waals surface area (Å²) in [6.07, 6.45) is 1.69. The second-order valence-electron chi connectivity index (χ2n) is 4.83. The number of halogens is 1. The molecule has 3 rings (SSSR count). The second kappa shape index (κ2) is 7.67. The molecular formula is C16H15BrN4O2S. The molecule has 0 bridgehead atoms. The molecule has 2 heterocycles. The van der Waals surface area contributed by atoms with Crippen LogP contribution in [0.15, 0.2) is 46.2 Å². The second-order valence-corrected chi connectivity index (χ2v) is 6.71. The van der Waals surface area contributed by atoms with Crippen LogP contribution in [0.1, 0.15) is 6.92 Å². The Morgan fingerprint density at radius 2 is 2.25 bits per heavy atom. The molecule has 0 atom stereocenters. The number of nitrogens with one attached hydrogen (secondary N) is 2. The molecule has 6 nitrogen and oxygen atoms in total. The summed E-state index contributed by atoms with van der Waals surface area (Å²) in [5, 5.41) is 3.52. The Kier molecular flexibility index (Phi) is 5.37. The molecule has 2 N–H and O–H groups in total. The molecule has 0 spiro atoms. The van der Waals surface area contributed by atoms with Gasteiger partial charge in [0, 0.05) is 10.7 Å². The number of fused-ring (bicyclic) bond motifs is 1. The summed E-state index contributed by atoms with van der Waals surface area (Å²) in [7, 11) is 0. The normalized spacial score (nSPS) is 10.8. The first-order valence-corrected chi connectivity index (χ1v) is 9.09. The lowest BCUT2D eigenvalue weighted by atomic mass is 10.3. The van der Waals surface area contributed by atoms with Crippen LogP contribution in [0.25, 0.3) is 11.2 Å². The van der Waals surface area contributed by atoms with Crippen LogP contribution in [0.4, 0.5) is 5.69 Å². The fraction of sp³-hybridized carbons (Fsp3) is 0.188. The third-order valence-corrected chi connectivity index (χ3v) is 4.39. The largest absolute Gasteiger partial charge is 0.492 e. The first-order valence-electron chi connectivity index (χ1n) is 7.31. The Bertz CT molecular complexity index is 868. The predicted octanol–water partition coefficient (Wildman–Crippen LogP) is 3.85. The molecule has 0 aliphatic heterocycles. The van der Waals surface area contributed by atoms with Gasteiger partial charge in [0.2, 0.25) is 5.91 Å². The maximum absolute atomic E-state index is 12.2. The number of aromatic nitrogens is 3. The zero-order chi connectivity index (χ0) is 16.9. The molecule has 0 aliphatic carbocycles. The average molecular weight is 407 g/mol. The predicted molar refractivity (Wildman–Crippen MR) is 98.6 cm³/mol. The molecule has 0 fully saturated rings. The quantitative estimate of drug-likeness (QED) is 0.607. The molecule has 0 aliphatic rings. The van der Waals surface area contributed by atoms with Crippen molar-refractivity contribution in [2.24, 2.45) is 0 Å². The van der Waals surface area contributed by atoms with E-state index in [4.69, 9.17) is 4.74 Å². The van der Waals surface area contributed by atoms with E-state index < -0.39 is 0 Å². The molecule has 8 heteroatoms. The van der Waals surface area contributed by atoms with Crippen LogP contribution >= 0.6 is 27.7 Å². The molecule has 2 aromatic heterocycles. The van der Waals surface area contributed by atoms with Crippen molar-refractivity contribution in [1.29, 1.82) is 0 Å². The van der Waals surface area contributed by atoms with Gasteiger partial charge in [0.1, 0.15) is 5.75 Å². The van der Waals surface area contributed by atoms with Gasteiger partial charge in [-0.25, -0.2) is 9.97 Å². The summed E-state index contributed by atoms with van der Waals surface area (Å²) in [5.74, 6) is 0.777. The van der Waals surface area contributed by atoms with Crippen molar-refractivity contribution in [2.45, 2.75) is 12.1 Å². The number of rotatable bonds is 6. The number of carbonyl (C=O) groups excluding carboxylic acids is 1. The van der Waals surface area contributed by atoms with Crippen LogP contribution in [0.3, 0.4) is 0 Å². The zero-order valence-electron chi connectivity index (χ0n) is 12.9. The number of hydrogen-bond acceptors (Lipinski definition) is 5. The van der Waals surface area contributed by atoms with Crippen molar-refractivity contribution in [3.63, 3.8) is 0 Å². The first-order chi connectivity index (χ1) is 11.7. The zero-order valence-corrected chi connectivity index (χ0v) is 15.3. The number of para-hydroxylation sites is 2. The van der Waals surface area contributed by atoms with Crippen LogP contribution < -0.4 is 10.1 Å². The number of amides is 1. The molecule has 3 aromatic rings. The lowest BCUT2D eigenvalue weighted by Gasteiger charge is -2.10. The number of ether oxygens (including phenoxy) is 1. The van der Waals surface area contributed by atoms with E-state index in [2.05, 4.69) is 36.2 Å². The molecule has 1 amide bonds. The van der Waals surface area contributed by atoms with E-state index in [-0.39, 0.29) is 11.7 Å². The highest BCUT2D eigenvalue weighted by atomic mass is 79.9. The minimum absolute atomic E-state index is 0.123. The highest BCUT2D eigenvalue weighted by molar-refractivity contribution is 9.10. The van der Waals surface area contributed by atoms with E-state index in [0.717, 1.165) is 9.99 Å². The van der Waals surface area contributed by atoms with Crippen LogP contribution in [0, 0.1) is 0 Å². The Labute approximate surface area is 151 Å². The molecule has 1 aromatic carbocycles. The minimum atomic E-state index is -0.123. The Hall–Kier alpha value is -2.06. The minimum Gasteiger partial charge on any atom is -0.492 e. The summed E-state index contributed by atoms with van der Waals surface area (Å²) in [6, 6.07) is 9.27. The number of benzene rings is 1. The summed E-state index contributed by atoms with van der Waals surface area (Å²) >= 11 is 4.69. The van der Waals surface area contributed by atoms with Crippen LogP contribution in [-0.2, 0) is 4.79 Å². The molecule has 0 radical (unpaired) electrons. The van der Waals surface area contributed by atoms with Gasteiger partial charge >= 0.3 is 0 Å². The van der Waals surface area contributed by atoms with Gasteiger partial charge in [0.05, 0.1) is 23.6 Å². The number of aromatic amines is 1. The number of anilines is 1. The summed E-state index contributed by atoms with van der Waals surface area (Å²) in [6.45, 7) is 2.45. The van der Waals surface area contributed by atoms with Gasteiger partial charge in [0.25, 0.3) is 0 Å². The maximum Gasteiger partial charge on any atom is 0.234 e. The van der Waals surface area contributed by atoms with Crippen LogP contribution in [0.2, 0.25) is 0 Å². The molecule has 0 saturated carbocycles. The van der Waals surface area contributed by atoms with E-state index >= 15 is 0 Å². The van der Waals surface area contributed by atoms with E-state index in [1.807, 2.05) is 37.3 Å². The highest BCUT2D eigenvalue weighted by Crippen LogP contribution is 2.25. The van der Waals surface area contributed by atoms with Crippen molar-refractivity contribution in [2.75, 3.05) is 17.7 Å². The highest BCUT2D eigenvalue weighted by Gasteiger charge is 2.10. The molecule has 124 valence electrons. The number of H-pyrrole nitrogens is 1. The van der Waals surface area contributed by atoms with Crippen molar-refractivity contribution >= 4 is 50.5 Å². The van der Waals surface area contributed by atoms with E-state index in [1.54, 1.807) is 6.20 Å². The Morgan fingerprint density at radius 1 is 1.42 bits per heavy atom. The van der Waals surface area contributed by atoms with Crippen molar-refractivity contribution < 1.29 is 9.53 Å². The average Bonchev–Trinajstić information content (AvgIpc) is 2.97. The lowest BCUT2D eigenvalue weighted by Crippen LogP contribution is -2.15. The van der Waals surface area contributed by atoms with Crippen molar-refractivity contribution in [3.8, 4) is 5.75 Å². The third kappa shape index (κ3) is 4.07. The molecular weight excluding hydrogens is 392 g/mol. The molecule has 0 saturated heterocycles. The topological polar surface area (TPSA) is 79.9 Å². The van der Waals surface area contributed by atoms with Gasteiger partial charge < -0.3 is 15.0 Å². The van der Waals surface area contributed by atoms with Crippen LogP contribution in [0.5, 0.6) is 5.75 Å². The number of nitrogens with zero attached hydrogens (tertiary/aromatic N) is 2. The number of imidazole rings is 1.